The molecule has 2 aromatic carbocycles. The molecule has 6 aliphatic rings. The van der Waals surface area contributed by atoms with Crippen molar-refractivity contribution in [2.24, 2.45) is 53.3 Å². The van der Waals surface area contributed by atoms with Crippen LogP contribution in [0.15, 0.2) is 97.3 Å². The van der Waals surface area contributed by atoms with Crippen LogP contribution in [0.3, 0.4) is 0 Å². The summed E-state index contributed by atoms with van der Waals surface area (Å²) in [7, 11) is 7.32. The van der Waals surface area contributed by atoms with Crippen molar-refractivity contribution in [2.45, 2.75) is 297 Å². The highest BCUT2D eigenvalue weighted by atomic mass is 16.8. The first-order chi connectivity index (χ1) is 62.3. The maximum Gasteiger partial charge on any atom is 0.509 e. The number of rotatable bonds is 23. The van der Waals surface area contributed by atoms with Gasteiger partial charge < -0.3 is 102 Å². The molecular weight excluding hydrogens is 1710 g/mol. The number of esters is 3. The van der Waals surface area contributed by atoms with Crippen molar-refractivity contribution in [3.05, 3.63) is 108 Å². The van der Waals surface area contributed by atoms with Gasteiger partial charge in [0.2, 0.25) is 0 Å². The van der Waals surface area contributed by atoms with E-state index in [1.165, 1.54) is 4.90 Å². The maximum atomic E-state index is 14.7. The van der Waals surface area contributed by atoms with E-state index in [2.05, 4.69) is 31.0 Å². The van der Waals surface area contributed by atoms with Gasteiger partial charge in [-0.1, -0.05) is 130 Å². The number of carbonyl (C=O) groups is 10. The number of aliphatic hydroxyl groups excluding tert-OH is 2. The fourth-order valence-electron chi connectivity index (χ4n) is 19.3. The van der Waals surface area contributed by atoms with Crippen molar-refractivity contribution >= 4 is 72.2 Å². The molecule has 132 heavy (non-hydrogen) atoms. The summed E-state index contributed by atoms with van der Waals surface area (Å²) in [5, 5.41) is 45.3. The molecule has 0 bridgehead atoms. The van der Waals surface area contributed by atoms with Gasteiger partial charge in [0.15, 0.2) is 23.8 Å². The van der Waals surface area contributed by atoms with Gasteiger partial charge in [0, 0.05) is 84.2 Å². The fourth-order valence-corrected chi connectivity index (χ4v) is 19.3. The van der Waals surface area contributed by atoms with Crippen LogP contribution in [0.5, 0.6) is 0 Å². The fraction of sp³-hybridized carbons (Fsp3) is 0.649. The Morgan fingerprint density at radius 3 is 1.23 bits per heavy atom. The Kier molecular flexibility index (Phi) is 36.9. The van der Waals surface area contributed by atoms with E-state index in [1.807, 2.05) is 113 Å². The highest BCUT2D eigenvalue weighted by Crippen LogP contribution is 2.46. The number of Topliss-reactive ketones (excluding diaryl/α,β-unsaturated/α-hetero) is 2. The zero-order valence-electron chi connectivity index (χ0n) is 80.7. The van der Waals surface area contributed by atoms with Gasteiger partial charge >= 0.3 is 48.5 Å². The molecule has 3 amide bonds. The number of likely N-dealkylation sites (N-methyl/N-ethyl adjacent to an activating group) is 2. The average molecular weight is 1850 g/mol. The number of fused-ring (bicyclic) bond motifs is 2. The zero-order valence-corrected chi connectivity index (χ0v) is 80.7. The summed E-state index contributed by atoms with van der Waals surface area (Å²) in [6.45, 7) is 33.9. The molecule has 0 aliphatic carbocycles. The summed E-state index contributed by atoms with van der Waals surface area (Å²) < 4.78 is 86.6. The van der Waals surface area contributed by atoms with E-state index in [4.69, 9.17) is 66.3 Å². The van der Waals surface area contributed by atoms with Crippen LogP contribution in [-0.4, -0.2) is 280 Å². The van der Waals surface area contributed by atoms with Gasteiger partial charge in [0.05, 0.1) is 53.4 Å². The number of ether oxygens (including phenoxy) is 14. The lowest BCUT2D eigenvalue weighted by Crippen LogP contribution is -2.61. The Hall–Kier alpha value is -10.1. The Morgan fingerprint density at radius 2 is 0.902 bits per heavy atom. The van der Waals surface area contributed by atoms with E-state index in [0.717, 1.165) is 33.6 Å². The minimum atomic E-state index is -1.82. The molecule has 28 atom stereocenters. The normalized spacial score (nSPS) is 34.4. The number of carbonyl (C=O) groups excluding carboxylic acids is 10. The number of nitrogens with one attached hydrogen (secondary N) is 2. The minimum absolute atomic E-state index is 0.178. The van der Waals surface area contributed by atoms with Crippen molar-refractivity contribution in [2.75, 3.05) is 54.5 Å². The Balaban J connectivity index is 0.000000297. The van der Waals surface area contributed by atoms with Crippen LogP contribution in [0.1, 0.15) is 188 Å². The molecule has 6 aliphatic heterocycles. The molecule has 4 N–H and O–H groups in total. The number of amides is 3. The van der Waals surface area contributed by atoms with Gasteiger partial charge in [-0.15, -0.1) is 0 Å². The third-order valence-electron chi connectivity index (χ3n) is 26.7. The highest BCUT2D eigenvalue weighted by Gasteiger charge is 2.62. The van der Waals surface area contributed by atoms with E-state index in [9.17, 15) is 58.2 Å². The summed E-state index contributed by atoms with van der Waals surface area (Å²) in [6, 6.07) is 19.8. The molecule has 0 radical (unpaired) electrons. The number of aliphatic hydroxyl groups is 2. The van der Waals surface area contributed by atoms with Gasteiger partial charge in [-0.05, 0) is 183 Å². The number of alkyl carbamates (subject to hydrolysis) is 2. The van der Waals surface area contributed by atoms with Crippen molar-refractivity contribution in [3.63, 3.8) is 0 Å². The van der Waals surface area contributed by atoms with E-state index in [-0.39, 0.29) is 56.6 Å². The van der Waals surface area contributed by atoms with Crippen LogP contribution < -0.4 is 10.6 Å². The molecule has 2 aromatic heterocycles. The number of benzene rings is 2. The summed E-state index contributed by atoms with van der Waals surface area (Å²) in [5.74, 6) is -11.4. The molecule has 6 fully saturated rings. The molecule has 0 spiro atoms. The van der Waals surface area contributed by atoms with Gasteiger partial charge in [0.1, 0.15) is 84.8 Å². The lowest BCUT2D eigenvalue weighted by Gasteiger charge is -2.48. The lowest BCUT2D eigenvalue weighted by atomic mass is 9.73. The van der Waals surface area contributed by atoms with Crippen LogP contribution in [-0.2, 0) is 90.3 Å². The predicted octanol–water partition coefficient (Wildman–Crippen LogP) is 12.6. The first-order valence-corrected chi connectivity index (χ1v) is 46.0. The Bertz CT molecular complexity index is 4610. The molecule has 6 saturated heterocycles. The van der Waals surface area contributed by atoms with E-state index in [0.29, 0.717) is 25.9 Å². The van der Waals surface area contributed by atoms with Gasteiger partial charge in [-0.2, -0.15) is 20.4 Å². The topological polar surface area (TPSA) is 426 Å². The number of hydrogen-bond acceptors (Lipinski definition) is 32. The third-order valence-corrected chi connectivity index (χ3v) is 26.7. The molecule has 0 unspecified atom stereocenters. The lowest BCUT2D eigenvalue weighted by molar-refractivity contribution is -0.300. The molecule has 4 aromatic rings. The molecule has 35 heteroatoms. The van der Waals surface area contributed by atoms with E-state index in [1.54, 1.807) is 173 Å². The molecule has 35 nitrogen and oxygen atoms in total. The highest BCUT2D eigenvalue weighted by molar-refractivity contribution is 5.87. The minimum Gasteiger partial charge on any atom is -0.461 e. The number of hydrogen-bond donors (Lipinski definition) is 4. The Morgan fingerprint density at radius 1 is 0.530 bits per heavy atom. The number of nitrogens with zero attached hydrogens (tertiary/aromatic N) is 7. The van der Waals surface area contributed by atoms with Crippen LogP contribution in [0.2, 0.25) is 0 Å². The maximum absolute atomic E-state index is 14.7. The summed E-state index contributed by atoms with van der Waals surface area (Å²) >= 11 is 0. The van der Waals surface area contributed by atoms with Crippen LogP contribution in [0.25, 0.3) is 34.7 Å². The van der Waals surface area contributed by atoms with Crippen LogP contribution in [0, 0.1) is 53.3 Å². The number of aromatic nitrogens is 4. The van der Waals surface area contributed by atoms with Crippen molar-refractivity contribution in [1.29, 1.82) is 0 Å². The molecule has 728 valence electrons. The number of ketones is 2. The monoisotopic (exact) mass is 1850 g/mol. The second kappa shape index (κ2) is 46.2. The summed E-state index contributed by atoms with van der Waals surface area (Å²) in [5.41, 5.74) is -1.71. The first kappa shape index (κ1) is 106. The molecule has 0 saturated carbocycles. The second-order valence-corrected chi connectivity index (χ2v) is 37.5. The van der Waals surface area contributed by atoms with E-state index < -0.39 is 216 Å². The van der Waals surface area contributed by atoms with Gasteiger partial charge in [0.25, 0.3) is 0 Å². The smallest absolute Gasteiger partial charge is 0.461 e. The quantitative estimate of drug-likeness (QED) is 0.0396. The molecule has 8 heterocycles. The Labute approximate surface area is 774 Å². The van der Waals surface area contributed by atoms with E-state index >= 15 is 0 Å². The number of cyclic esters (lactones) is 2. The summed E-state index contributed by atoms with van der Waals surface area (Å²) in [6.07, 6.45) is -6.56. The average Bonchev–Trinajstić information content (AvgIpc) is 1.50. The first-order valence-electron chi connectivity index (χ1n) is 46.0. The third kappa shape index (κ3) is 25.5. The standard InChI is InChI=1S/C49H71N5O13.C48H68N4O13/c1-13-37-49(10)41(51-45(58)66-49)30(6)38(55)28(4)27-48(9,67-47(60)61-25-17-18-33-20-22-34(23-21-33)35-19-16-24-50-52-35)42(65-44-39(56)36(53(11)12)26-29(5)62-44)31(7)40(32(8)43(57)63-37)64-46(59)54(14-2)15-3;1-13-36-48(10)40(50-45(57)64-48)29(6)37(53)27(4)25-47(9,65-46(58)59-23-15-16-32-18-20-33(21-19-32)34-17-14-22-49-51-34)41(63-44-38(54)35(52(11)12)24-28(5)60-44)30(7)39(31(8)43(56)61-36)62-42(55)26(2)3/h16-24,28-32,36-37,39-42,44,56H,13-15,25-27H2,1-12H3,(H,51,58);14-22,26-31,35-36,38-41,44,54H,13,23-25H2,1-12H3,(H,50,57)/b18-17+;16-15+/t28-,29-,30+,31+,32-,36+,37-,39-,40+,41-,42-,44+,48-,49-;27-,28-,29+,30+,31-,35+,36-,38-,39+,40-,41-,44+,47-,48-/m11/s1. The molecule has 10 rings (SSSR count). The van der Waals surface area contributed by atoms with Crippen molar-refractivity contribution in [3.8, 4) is 22.5 Å². The van der Waals surface area contributed by atoms with Crippen molar-refractivity contribution < 1.29 is 124 Å². The zero-order chi connectivity index (χ0) is 97.3. The van der Waals surface area contributed by atoms with Crippen LogP contribution in [0.4, 0.5) is 24.0 Å². The van der Waals surface area contributed by atoms with Crippen molar-refractivity contribution in [1.82, 2.24) is 45.7 Å². The molecular formula is C97H139N9O26. The van der Waals surface area contributed by atoms with Gasteiger partial charge in [-0.3, -0.25) is 24.0 Å². The van der Waals surface area contributed by atoms with Gasteiger partial charge in [-0.25, -0.2) is 24.0 Å². The van der Waals surface area contributed by atoms with Crippen LogP contribution >= 0.6 is 0 Å². The summed E-state index contributed by atoms with van der Waals surface area (Å²) in [4.78, 5) is 145. The largest absolute Gasteiger partial charge is 0.509 e. The SMILES string of the molecule is CC[C@H]1OC(=O)[C@H](C)[C@@H](OC(=O)C(C)C)[C@H](C)[C@@H](O[C@@H]2O[C@H](C)C[C@H](N(C)C)[C@H]2O)[C@](C)(OC(=O)OC/C=C/c2ccc(-c3cccnn3)cc2)C[C@@H](C)C(=O)[C@H](C)[C@H]2NC(=O)O[C@@]21C.CC[C@H]1OC(=O)[C@H](C)[C@@H](OC(=O)N(CC)CC)[C@H](C)[C@@H](O[C@@H]2O[C@H](C)C[C@H](N(C)C)[C@H]2O)[C@](C)(OC(=O)OC/C=C/c2ccc(-c3cccnn3)cc2)C[C@@H](C)C(=O)[C@H](C)[C@H]2NC(=O)O[C@@]21C. The predicted molar refractivity (Wildman–Crippen MR) is 484 cm³/mol. The second-order valence-electron chi connectivity index (χ2n) is 37.5.